The van der Waals surface area contributed by atoms with Gasteiger partial charge in [0.05, 0.1) is 17.5 Å². The molecule has 1 aliphatic rings. The lowest BCUT2D eigenvalue weighted by Gasteiger charge is -2.33. The summed E-state index contributed by atoms with van der Waals surface area (Å²) in [5.41, 5.74) is 0.997. The molecule has 0 saturated heterocycles. The van der Waals surface area contributed by atoms with Gasteiger partial charge >= 0.3 is 0 Å². The monoisotopic (exact) mass is 446 g/mol. The average Bonchev–Trinajstić information content (AvgIpc) is 2.78. The molecule has 0 heterocycles. The number of thioether (sulfide) groups is 1. The van der Waals surface area contributed by atoms with Gasteiger partial charge in [0.25, 0.3) is 0 Å². The third-order valence-electron chi connectivity index (χ3n) is 5.62. The van der Waals surface area contributed by atoms with E-state index in [0.29, 0.717) is 0 Å². The van der Waals surface area contributed by atoms with Crippen molar-refractivity contribution in [1.82, 2.24) is 9.62 Å². The van der Waals surface area contributed by atoms with E-state index in [1.54, 1.807) is 42.1 Å². The summed E-state index contributed by atoms with van der Waals surface area (Å²) in [4.78, 5) is 14.3. The van der Waals surface area contributed by atoms with Crippen LogP contribution in [-0.4, -0.2) is 37.5 Å². The van der Waals surface area contributed by atoms with Crippen LogP contribution in [0.15, 0.2) is 64.4 Å². The zero-order chi connectivity index (χ0) is 21.6. The van der Waals surface area contributed by atoms with Crippen molar-refractivity contribution in [2.24, 2.45) is 0 Å². The van der Waals surface area contributed by atoms with Crippen LogP contribution in [0.2, 0.25) is 0 Å². The number of sulfonamides is 1. The maximum atomic E-state index is 13.3. The summed E-state index contributed by atoms with van der Waals surface area (Å²) >= 11 is 1.67. The van der Waals surface area contributed by atoms with E-state index in [0.717, 1.165) is 42.6 Å². The predicted octanol–water partition coefficient (Wildman–Crippen LogP) is 4.61. The highest BCUT2D eigenvalue weighted by Gasteiger charge is 2.34. The molecule has 0 aromatic heterocycles. The first-order valence-corrected chi connectivity index (χ1v) is 13.1. The van der Waals surface area contributed by atoms with Gasteiger partial charge in [-0.25, -0.2) is 8.42 Å². The van der Waals surface area contributed by atoms with Crippen LogP contribution in [-0.2, 0) is 14.8 Å². The van der Waals surface area contributed by atoms with Crippen molar-refractivity contribution in [3.8, 4) is 0 Å². The smallest absolute Gasteiger partial charge is 0.243 e. The molecule has 2 aromatic rings. The van der Waals surface area contributed by atoms with Crippen LogP contribution in [0.1, 0.15) is 50.6 Å². The maximum Gasteiger partial charge on any atom is 0.243 e. The van der Waals surface area contributed by atoms with E-state index < -0.39 is 10.0 Å². The third-order valence-corrected chi connectivity index (χ3v) is 8.28. The molecule has 2 aromatic carbocycles. The van der Waals surface area contributed by atoms with Gasteiger partial charge in [-0.1, -0.05) is 49.6 Å². The fourth-order valence-corrected chi connectivity index (χ4v) is 5.98. The molecule has 7 heteroatoms. The summed E-state index contributed by atoms with van der Waals surface area (Å²) in [7, 11) is -3.74. The zero-order valence-electron chi connectivity index (χ0n) is 17.6. The van der Waals surface area contributed by atoms with E-state index in [9.17, 15) is 13.2 Å². The van der Waals surface area contributed by atoms with Gasteiger partial charge in [0.1, 0.15) is 0 Å². The molecule has 1 fully saturated rings. The standard InChI is InChI=1S/C23H30N2O3S2/c1-18(19-13-15-21(29-2)16-14-19)24-23(26)17-25(20-9-5-3-6-10-20)30(27,28)22-11-7-4-8-12-22/h4,7-8,11-16,18,20H,3,5-6,9-10,17H2,1-2H3,(H,24,26)/t18-/m0/s1. The van der Waals surface area contributed by atoms with Gasteiger partial charge < -0.3 is 5.32 Å². The molecule has 1 aliphatic carbocycles. The van der Waals surface area contributed by atoms with E-state index in [-0.39, 0.29) is 29.4 Å². The molecule has 0 radical (unpaired) electrons. The van der Waals surface area contributed by atoms with Gasteiger partial charge in [0.2, 0.25) is 15.9 Å². The Morgan fingerprint density at radius 3 is 2.30 bits per heavy atom. The quantitative estimate of drug-likeness (QED) is 0.602. The first-order valence-electron chi connectivity index (χ1n) is 10.4. The average molecular weight is 447 g/mol. The minimum absolute atomic E-state index is 0.133. The Hall–Kier alpha value is -1.83. The van der Waals surface area contributed by atoms with E-state index in [2.05, 4.69) is 5.32 Å². The van der Waals surface area contributed by atoms with Crippen LogP contribution in [0.4, 0.5) is 0 Å². The SMILES string of the molecule is CSc1ccc([C@H](C)NC(=O)CN(C2CCCCC2)S(=O)(=O)c2ccccc2)cc1. The minimum Gasteiger partial charge on any atom is -0.348 e. The molecular formula is C23H30N2O3S2. The first-order chi connectivity index (χ1) is 14.4. The summed E-state index contributed by atoms with van der Waals surface area (Å²) in [6, 6.07) is 16.1. The van der Waals surface area contributed by atoms with Crippen molar-refractivity contribution < 1.29 is 13.2 Å². The van der Waals surface area contributed by atoms with Gasteiger partial charge in [0.15, 0.2) is 0 Å². The summed E-state index contributed by atoms with van der Waals surface area (Å²) < 4.78 is 28.1. The van der Waals surface area contributed by atoms with Gasteiger partial charge in [-0.05, 0) is 55.9 Å². The third kappa shape index (κ3) is 5.65. The Morgan fingerprint density at radius 1 is 1.07 bits per heavy atom. The van der Waals surface area contributed by atoms with Crippen LogP contribution in [0.3, 0.4) is 0 Å². The van der Waals surface area contributed by atoms with Crippen LogP contribution in [0.5, 0.6) is 0 Å². The van der Waals surface area contributed by atoms with E-state index in [4.69, 9.17) is 0 Å². The minimum atomic E-state index is -3.74. The highest BCUT2D eigenvalue weighted by molar-refractivity contribution is 7.98. The summed E-state index contributed by atoms with van der Waals surface area (Å²) in [6.45, 7) is 1.76. The largest absolute Gasteiger partial charge is 0.348 e. The van der Waals surface area contributed by atoms with Crippen molar-refractivity contribution in [3.63, 3.8) is 0 Å². The van der Waals surface area contributed by atoms with Crippen molar-refractivity contribution >= 4 is 27.7 Å². The Morgan fingerprint density at radius 2 is 1.70 bits per heavy atom. The number of nitrogens with one attached hydrogen (secondary N) is 1. The number of amides is 1. The molecule has 1 saturated carbocycles. The fourth-order valence-electron chi connectivity index (χ4n) is 3.91. The number of nitrogens with zero attached hydrogens (tertiary/aromatic N) is 1. The second-order valence-electron chi connectivity index (χ2n) is 7.72. The Balaban J connectivity index is 1.75. The lowest BCUT2D eigenvalue weighted by Crippen LogP contribution is -2.47. The number of benzene rings is 2. The molecule has 0 bridgehead atoms. The summed E-state index contributed by atoms with van der Waals surface area (Å²) in [5.74, 6) is -0.276. The molecule has 0 aliphatic heterocycles. The lowest BCUT2D eigenvalue weighted by atomic mass is 9.95. The Bertz CT molecular complexity index is 925. The number of hydrogen-bond acceptors (Lipinski definition) is 4. The van der Waals surface area contributed by atoms with E-state index in [1.807, 2.05) is 37.4 Å². The lowest BCUT2D eigenvalue weighted by molar-refractivity contribution is -0.122. The highest BCUT2D eigenvalue weighted by atomic mass is 32.2. The van der Waals surface area contributed by atoms with Crippen molar-refractivity contribution in [1.29, 1.82) is 0 Å². The van der Waals surface area contributed by atoms with Crippen LogP contribution < -0.4 is 5.32 Å². The molecule has 3 rings (SSSR count). The second kappa shape index (κ2) is 10.5. The molecular weight excluding hydrogens is 416 g/mol. The molecule has 30 heavy (non-hydrogen) atoms. The maximum absolute atomic E-state index is 13.3. The van der Waals surface area contributed by atoms with Gasteiger partial charge in [-0.2, -0.15) is 4.31 Å². The van der Waals surface area contributed by atoms with Crippen LogP contribution in [0.25, 0.3) is 0 Å². The number of carbonyl (C=O) groups is 1. The molecule has 0 unspecified atom stereocenters. The molecule has 1 atom stereocenters. The highest BCUT2D eigenvalue weighted by Crippen LogP contribution is 2.28. The summed E-state index contributed by atoms with van der Waals surface area (Å²) in [6.07, 6.45) is 6.71. The van der Waals surface area contributed by atoms with Crippen molar-refractivity contribution in [3.05, 3.63) is 60.2 Å². The van der Waals surface area contributed by atoms with Gasteiger partial charge in [-0.15, -0.1) is 11.8 Å². The normalized spacial score (nSPS) is 16.4. The Kier molecular flexibility index (Phi) is 7.97. The van der Waals surface area contributed by atoms with Crippen LogP contribution >= 0.6 is 11.8 Å². The fraction of sp³-hybridized carbons (Fsp3) is 0.435. The van der Waals surface area contributed by atoms with E-state index >= 15 is 0 Å². The zero-order valence-corrected chi connectivity index (χ0v) is 19.2. The van der Waals surface area contributed by atoms with Crippen molar-refractivity contribution in [2.45, 2.75) is 60.9 Å². The second-order valence-corrected chi connectivity index (χ2v) is 10.5. The van der Waals surface area contributed by atoms with E-state index in [1.165, 1.54) is 4.31 Å². The number of carbonyl (C=O) groups excluding carboxylic acids is 1. The summed E-state index contributed by atoms with van der Waals surface area (Å²) in [5, 5.41) is 2.97. The Labute approximate surface area is 184 Å². The topological polar surface area (TPSA) is 66.5 Å². The van der Waals surface area contributed by atoms with Gasteiger partial charge in [0, 0.05) is 10.9 Å². The number of hydrogen-bond donors (Lipinski definition) is 1. The van der Waals surface area contributed by atoms with Gasteiger partial charge in [-0.3, -0.25) is 4.79 Å². The van der Waals surface area contributed by atoms with Crippen molar-refractivity contribution in [2.75, 3.05) is 12.8 Å². The number of rotatable bonds is 8. The molecule has 0 spiro atoms. The predicted molar refractivity (Wildman–Crippen MR) is 122 cm³/mol. The molecule has 162 valence electrons. The molecule has 5 nitrogen and oxygen atoms in total. The molecule has 1 N–H and O–H groups in total. The molecule has 1 amide bonds. The van der Waals surface area contributed by atoms with Crippen LogP contribution in [0, 0.1) is 0 Å². The first kappa shape index (κ1) is 22.8.